The molecule has 0 unspecified atom stereocenters. The molecule has 0 bridgehead atoms. The molecule has 5 nitrogen and oxygen atoms in total. The van der Waals surface area contributed by atoms with Gasteiger partial charge in [-0.05, 0) is 49.2 Å². The van der Waals surface area contributed by atoms with Gasteiger partial charge in [0.15, 0.2) is 11.5 Å². The van der Waals surface area contributed by atoms with E-state index in [0.29, 0.717) is 22.7 Å². The van der Waals surface area contributed by atoms with Crippen LogP contribution in [0.1, 0.15) is 16.7 Å². The third-order valence-electron chi connectivity index (χ3n) is 4.77. The highest BCUT2D eigenvalue weighted by molar-refractivity contribution is 7.92. The van der Waals surface area contributed by atoms with Crippen molar-refractivity contribution in [2.75, 3.05) is 11.1 Å². The second-order valence-electron chi connectivity index (χ2n) is 6.95. The molecule has 0 saturated carbocycles. The van der Waals surface area contributed by atoms with Gasteiger partial charge in [-0.1, -0.05) is 35.9 Å². The minimum atomic E-state index is -4.04. The first-order valence-corrected chi connectivity index (χ1v) is 10.5. The highest BCUT2D eigenvalue weighted by Gasteiger charge is 2.29. The smallest absolute Gasteiger partial charge is 0.264 e. The van der Waals surface area contributed by atoms with Crippen LogP contribution in [-0.4, -0.2) is 15.2 Å². The normalized spacial score (nSPS) is 12.8. The Morgan fingerprint density at radius 1 is 0.966 bits per heavy atom. The summed E-state index contributed by atoms with van der Waals surface area (Å²) in [6, 6.07) is 16.3. The van der Waals surface area contributed by atoms with Crippen molar-refractivity contribution in [2.45, 2.75) is 25.3 Å². The zero-order chi connectivity index (χ0) is 20.6. The molecule has 0 fully saturated rings. The molecule has 0 saturated heterocycles. The lowest BCUT2D eigenvalue weighted by Gasteiger charge is -2.26. The lowest BCUT2D eigenvalue weighted by molar-refractivity contribution is 0.174. The maximum Gasteiger partial charge on any atom is 0.264 e. The molecule has 3 aromatic carbocycles. The van der Waals surface area contributed by atoms with Gasteiger partial charge in [-0.25, -0.2) is 12.8 Å². The van der Waals surface area contributed by atoms with E-state index in [2.05, 4.69) is 0 Å². The van der Waals surface area contributed by atoms with E-state index in [4.69, 9.17) is 9.47 Å². The summed E-state index contributed by atoms with van der Waals surface area (Å²) < 4.78 is 53.1. The molecule has 0 radical (unpaired) electrons. The fraction of sp³-hybridized carbons (Fsp3) is 0.182. The topological polar surface area (TPSA) is 55.8 Å². The van der Waals surface area contributed by atoms with Crippen molar-refractivity contribution < 1.29 is 22.3 Å². The Morgan fingerprint density at radius 2 is 1.76 bits per heavy atom. The predicted octanol–water partition coefficient (Wildman–Crippen LogP) is 4.57. The highest BCUT2D eigenvalue weighted by Crippen LogP contribution is 2.38. The monoisotopic (exact) mass is 413 g/mol. The van der Waals surface area contributed by atoms with Crippen LogP contribution in [0.15, 0.2) is 65.6 Å². The molecular weight excluding hydrogens is 393 g/mol. The quantitative estimate of drug-likeness (QED) is 0.615. The van der Waals surface area contributed by atoms with Gasteiger partial charge in [0.05, 0.1) is 17.1 Å². The van der Waals surface area contributed by atoms with E-state index in [1.54, 1.807) is 25.1 Å². The summed E-state index contributed by atoms with van der Waals surface area (Å²) in [4.78, 5) is -0.0668. The number of benzene rings is 3. The lowest BCUT2D eigenvalue weighted by atomic mass is 10.1. The maximum absolute atomic E-state index is 13.9. The summed E-state index contributed by atoms with van der Waals surface area (Å²) in [6.45, 7) is 3.78. The lowest BCUT2D eigenvalue weighted by Crippen LogP contribution is -2.31. The number of rotatable bonds is 5. The first-order chi connectivity index (χ1) is 13.8. The Kier molecular flexibility index (Phi) is 4.92. The summed E-state index contributed by atoms with van der Waals surface area (Å²) in [5, 5.41) is 0. The number of hydrogen-bond donors (Lipinski definition) is 0. The zero-order valence-electron chi connectivity index (χ0n) is 16.1. The van der Waals surface area contributed by atoms with Crippen LogP contribution < -0.4 is 13.8 Å². The molecule has 0 aliphatic carbocycles. The van der Waals surface area contributed by atoms with E-state index in [0.717, 1.165) is 17.2 Å². The third-order valence-corrected chi connectivity index (χ3v) is 6.69. The van der Waals surface area contributed by atoms with Gasteiger partial charge in [0.1, 0.15) is 5.82 Å². The second-order valence-corrected chi connectivity index (χ2v) is 8.78. The number of anilines is 1. The fourth-order valence-corrected chi connectivity index (χ4v) is 4.99. The minimum Gasteiger partial charge on any atom is -0.454 e. The molecule has 150 valence electrons. The summed E-state index contributed by atoms with van der Waals surface area (Å²) in [5.41, 5.74) is 2.73. The van der Waals surface area contributed by atoms with Crippen molar-refractivity contribution in [3.63, 3.8) is 0 Å². The fourth-order valence-electron chi connectivity index (χ4n) is 3.30. The number of nitrogens with zero attached hydrogens (tertiary/aromatic N) is 1. The molecule has 4 rings (SSSR count). The van der Waals surface area contributed by atoms with Gasteiger partial charge in [0.2, 0.25) is 6.79 Å². The molecule has 0 atom stereocenters. The van der Waals surface area contributed by atoms with Gasteiger partial charge in [0, 0.05) is 6.07 Å². The second kappa shape index (κ2) is 7.40. The number of halogens is 1. The highest BCUT2D eigenvalue weighted by atomic mass is 32.2. The Balaban J connectivity index is 1.84. The molecule has 29 heavy (non-hydrogen) atoms. The van der Waals surface area contributed by atoms with Crippen LogP contribution in [0.4, 0.5) is 10.1 Å². The number of fused-ring (bicyclic) bond motifs is 1. The van der Waals surface area contributed by atoms with Crippen LogP contribution in [-0.2, 0) is 16.6 Å². The molecule has 1 aliphatic rings. The average molecular weight is 413 g/mol. The van der Waals surface area contributed by atoms with Crippen LogP contribution in [0.5, 0.6) is 11.5 Å². The summed E-state index contributed by atoms with van der Waals surface area (Å²) >= 11 is 0. The number of ether oxygens (including phenoxy) is 2. The Labute approximate surface area is 169 Å². The molecule has 7 heteroatoms. The number of sulfonamides is 1. The molecule has 1 heterocycles. The van der Waals surface area contributed by atoms with Gasteiger partial charge < -0.3 is 9.47 Å². The van der Waals surface area contributed by atoms with Crippen molar-refractivity contribution in [1.29, 1.82) is 0 Å². The van der Waals surface area contributed by atoms with E-state index in [1.807, 2.05) is 31.2 Å². The van der Waals surface area contributed by atoms with Crippen molar-refractivity contribution in [3.8, 4) is 11.5 Å². The molecule has 3 aromatic rings. The number of aryl methyl sites for hydroxylation is 2. The van der Waals surface area contributed by atoms with E-state index in [9.17, 15) is 12.8 Å². The Morgan fingerprint density at radius 3 is 2.55 bits per heavy atom. The molecular formula is C22H20FNO4S. The first-order valence-electron chi connectivity index (χ1n) is 9.09. The van der Waals surface area contributed by atoms with Crippen LogP contribution in [0.25, 0.3) is 0 Å². The molecule has 0 aromatic heterocycles. The Hall–Kier alpha value is -3.06. The number of hydrogen-bond acceptors (Lipinski definition) is 4. The van der Waals surface area contributed by atoms with Crippen molar-refractivity contribution in [2.24, 2.45) is 0 Å². The van der Waals surface area contributed by atoms with Crippen LogP contribution in [0.3, 0.4) is 0 Å². The average Bonchev–Trinajstić information content (AvgIpc) is 3.15. The van der Waals surface area contributed by atoms with E-state index in [-0.39, 0.29) is 18.2 Å². The van der Waals surface area contributed by atoms with Crippen molar-refractivity contribution in [1.82, 2.24) is 0 Å². The van der Waals surface area contributed by atoms with E-state index in [1.165, 1.54) is 16.4 Å². The maximum atomic E-state index is 13.9. The van der Waals surface area contributed by atoms with Gasteiger partial charge in [-0.3, -0.25) is 4.31 Å². The first kappa shape index (κ1) is 19.3. The van der Waals surface area contributed by atoms with Gasteiger partial charge in [-0.2, -0.15) is 0 Å². The third kappa shape index (κ3) is 3.78. The molecule has 1 aliphatic heterocycles. The van der Waals surface area contributed by atoms with Crippen molar-refractivity contribution >= 4 is 15.7 Å². The standard InChI is InChI=1S/C22H20FNO4S/c1-15-4-3-5-17(10-15)13-24(19-8-9-20-21(12-19)28-14-27-20)29(25,26)22-11-18(23)7-6-16(22)2/h3-12H,13-14H2,1-2H3. The molecule has 0 amide bonds. The predicted molar refractivity (Wildman–Crippen MR) is 108 cm³/mol. The SMILES string of the molecule is Cc1cccc(CN(c2ccc3c(c2)OCO3)S(=O)(=O)c2cc(F)ccc2C)c1. The summed E-state index contributed by atoms with van der Waals surface area (Å²) in [5.74, 6) is 0.432. The summed E-state index contributed by atoms with van der Waals surface area (Å²) in [7, 11) is -4.04. The van der Waals surface area contributed by atoms with E-state index < -0.39 is 15.8 Å². The van der Waals surface area contributed by atoms with Gasteiger partial charge in [-0.15, -0.1) is 0 Å². The van der Waals surface area contributed by atoms with Crippen LogP contribution >= 0.6 is 0 Å². The Bertz CT molecular complexity index is 1180. The van der Waals surface area contributed by atoms with Gasteiger partial charge in [0.25, 0.3) is 10.0 Å². The van der Waals surface area contributed by atoms with Crippen LogP contribution in [0.2, 0.25) is 0 Å². The van der Waals surface area contributed by atoms with Crippen molar-refractivity contribution in [3.05, 3.63) is 83.2 Å². The minimum absolute atomic E-state index is 0.0668. The molecule has 0 spiro atoms. The summed E-state index contributed by atoms with van der Waals surface area (Å²) in [6.07, 6.45) is 0. The van der Waals surface area contributed by atoms with E-state index >= 15 is 0 Å². The zero-order valence-corrected chi connectivity index (χ0v) is 16.9. The van der Waals surface area contributed by atoms with Gasteiger partial charge >= 0.3 is 0 Å². The molecule has 0 N–H and O–H groups in total. The largest absolute Gasteiger partial charge is 0.454 e. The van der Waals surface area contributed by atoms with Crippen LogP contribution in [0, 0.1) is 19.7 Å².